The van der Waals surface area contributed by atoms with Crippen LogP contribution in [-0.4, -0.2) is 11.1 Å². The molecule has 0 radical (unpaired) electrons. The molecule has 12 heavy (non-hydrogen) atoms. The molecular formula is C9H17Cl2N. The van der Waals surface area contributed by atoms with E-state index in [1.807, 2.05) is 0 Å². The maximum atomic E-state index is 6.99. The maximum Gasteiger partial charge on any atom is 0.0968 e. The summed E-state index contributed by atoms with van der Waals surface area (Å²) in [4.78, 5) is 0. The van der Waals surface area contributed by atoms with Crippen molar-refractivity contribution in [2.75, 3.05) is 5.88 Å². The molecule has 0 saturated heterocycles. The van der Waals surface area contributed by atoms with Crippen molar-refractivity contribution in [1.29, 1.82) is 5.41 Å². The summed E-state index contributed by atoms with van der Waals surface area (Å²) < 4.78 is 0. The minimum Gasteiger partial charge on any atom is -0.293 e. The van der Waals surface area contributed by atoms with E-state index in [2.05, 4.69) is 0 Å². The van der Waals surface area contributed by atoms with Gasteiger partial charge in [-0.1, -0.05) is 37.3 Å². The molecule has 0 aromatic heterocycles. The molecule has 0 aliphatic carbocycles. The first kappa shape index (κ1) is 12.2. The van der Waals surface area contributed by atoms with E-state index in [1.165, 1.54) is 25.7 Å². The summed E-state index contributed by atoms with van der Waals surface area (Å²) in [6, 6.07) is 0. The molecule has 0 heterocycles. The van der Waals surface area contributed by atoms with E-state index >= 15 is 0 Å². The van der Waals surface area contributed by atoms with Gasteiger partial charge in [-0.25, -0.2) is 0 Å². The van der Waals surface area contributed by atoms with Gasteiger partial charge in [-0.3, -0.25) is 5.41 Å². The highest BCUT2D eigenvalue weighted by Gasteiger charge is 1.92. The Labute approximate surface area is 85.0 Å². The second-order valence-corrected chi connectivity index (χ2v) is 3.80. The van der Waals surface area contributed by atoms with Crippen LogP contribution < -0.4 is 0 Å². The number of halogens is 2. The average Bonchev–Trinajstić information content (AvgIpc) is 2.02. The van der Waals surface area contributed by atoms with E-state index in [1.54, 1.807) is 0 Å². The van der Waals surface area contributed by atoms with Gasteiger partial charge in [0.15, 0.2) is 0 Å². The number of nitrogens with one attached hydrogen (secondary N) is 1. The SMILES string of the molecule is N=C(Cl)CCCCCCCCCl. The fraction of sp³-hybridized carbons (Fsp3) is 0.889. The summed E-state index contributed by atoms with van der Waals surface area (Å²) in [5, 5.41) is 7.28. The summed E-state index contributed by atoms with van der Waals surface area (Å²) in [7, 11) is 0. The predicted octanol–water partition coefficient (Wildman–Crippen LogP) is 4.17. The fourth-order valence-corrected chi connectivity index (χ4v) is 1.40. The van der Waals surface area contributed by atoms with Crippen molar-refractivity contribution in [3.63, 3.8) is 0 Å². The maximum absolute atomic E-state index is 6.99. The van der Waals surface area contributed by atoms with Crippen LogP contribution in [0.2, 0.25) is 0 Å². The van der Waals surface area contributed by atoms with Crippen LogP contribution in [0.5, 0.6) is 0 Å². The quantitative estimate of drug-likeness (QED) is 0.353. The minimum atomic E-state index is 0.288. The van der Waals surface area contributed by atoms with Crippen molar-refractivity contribution in [2.45, 2.75) is 44.9 Å². The molecule has 0 atom stereocenters. The molecule has 0 aromatic carbocycles. The monoisotopic (exact) mass is 209 g/mol. The van der Waals surface area contributed by atoms with Gasteiger partial charge in [0.25, 0.3) is 0 Å². The van der Waals surface area contributed by atoms with Crippen molar-refractivity contribution < 1.29 is 0 Å². The molecular weight excluding hydrogens is 193 g/mol. The van der Waals surface area contributed by atoms with Crippen LogP contribution in [-0.2, 0) is 0 Å². The topological polar surface area (TPSA) is 23.9 Å². The van der Waals surface area contributed by atoms with Gasteiger partial charge in [0.1, 0.15) is 0 Å². The minimum absolute atomic E-state index is 0.288. The fourth-order valence-electron chi connectivity index (χ4n) is 1.08. The zero-order valence-electron chi connectivity index (χ0n) is 7.41. The molecule has 0 amide bonds. The lowest BCUT2D eigenvalue weighted by Gasteiger charge is -1.98. The first-order chi connectivity index (χ1) is 5.77. The Morgan fingerprint density at radius 2 is 1.42 bits per heavy atom. The van der Waals surface area contributed by atoms with Gasteiger partial charge >= 0.3 is 0 Å². The molecule has 0 unspecified atom stereocenters. The van der Waals surface area contributed by atoms with Crippen molar-refractivity contribution in [1.82, 2.24) is 0 Å². The van der Waals surface area contributed by atoms with Crippen molar-refractivity contribution in [3.05, 3.63) is 0 Å². The number of hydrogen-bond acceptors (Lipinski definition) is 1. The molecule has 1 N–H and O–H groups in total. The highest BCUT2D eigenvalue weighted by Crippen LogP contribution is 2.08. The molecule has 0 aromatic rings. The number of alkyl halides is 1. The largest absolute Gasteiger partial charge is 0.293 e. The Morgan fingerprint density at radius 1 is 0.917 bits per heavy atom. The van der Waals surface area contributed by atoms with E-state index in [-0.39, 0.29) is 5.17 Å². The second-order valence-electron chi connectivity index (χ2n) is 2.97. The highest BCUT2D eigenvalue weighted by molar-refractivity contribution is 6.64. The van der Waals surface area contributed by atoms with Crippen LogP contribution >= 0.6 is 23.2 Å². The molecule has 0 fully saturated rings. The van der Waals surface area contributed by atoms with Crippen LogP contribution in [0.25, 0.3) is 0 Å². The molecule has 3 heteroatoms. The Balaban J connectivity index is 2.86. The number of unbranched alkanes of at least 4 members (excludes halogenated alkanes) is 5. The van der Waals surface area contributed by atoms with Crippen LogP contribution in [0.3, 0.4) is 0 Å². The lowest BCUT2D eigenvalue weighted by molar-refractivity contribution is 0.617. The van der Waals surface area contributed by atoms with Crippen molar-refractivity contribution in [2.24, 2.45) is 0 Å². The summed E-state index contributed by atoms with van der Waals surface area (Å²) in [6.07, 6.45) is 7.88. The molecule has 0 saturated carbocycles. The number of hydrogen-bond donors (Lipinski definition) is 1. The Kier molecular flexibility index (Phi) is 9.53. The Morgan fingerprint density at radius 3 is 1.92 bits per heavy atom. The number of rotatable bonds is 8. The molecule has 0 aliphatic rings. The summed E-state index contributed by atoms with van der Waals surface area (Å²) in [5.41, 5.74) is 0. The van der Waals surface area contributed by atoms with E-state index < -0.39 is 0 Å². The van der Waals surface area contributed by atoms with Gasteiger partial charge < -0.3 is 0 Å². The molecule has 0 spiro atoms. The average molecular weight is 210 g/mol. The van der Waals surface area contributed by atoms with Crippen LogP contribution in [0.15, 0.2) is 0 Å². The normalized spacial score (nSPS) is 10.2. The zero-order chi connectivity index (χ0) is 9.23. The van der Waals surface area contributed by atoms with Gasteiger partial charge in [0, 0.05) is 5.88 Å². The smallest absolute Gasteiger partial charge is 0.0968 e. The van der Waals surface area contributed by atoms with Gasteiger partial charge in [-0.05, 0) is 19.3 Å². The van der Waals surface area contributed by atoms with Crippen LogP contribution in [0.1, 0.15) is 44.9 Å². The third-order valence-corrected chi connectivity index (χ3v) is 2.24. The lowest BCUT2D eigenvalue weighted by Crippen LogP contribution is -1.85. The molecule has 0 aliphatic heterocycles. The lowest BCUT2D eigenvalue weighted by atomic mass is 10.1. The predicted molar refractivity (Wildman–Crippen MR) is 56.6 cm³/mol. The van der Waals surface area contributed by atoms with Crippen molar-refractivity contribution in [3.8, 4) is 0 Å². The second kappa shape index (κ2) is 9.34. The van der Waals surface area contributed by atoms with E-state index in [4.69, 9.17) is 28.6 Å². The standard InChI is InChI=1S/C9H17Cl2N/c10-8-6-4-2-1-3-5-7-9(11)12/h12H,1-8H2. The van der Waals surface area contributed by atoms with Gasteiger partial charge in [0.2, 0.25) is 0 Å². The molecule has 0 rings (SSSR count). The van der Waals surface area contributed by atoms with Gasteiger partial charge in [-0.2, -0.15) is 0 Å². The van der Waals surface area contributed by atoms with E-state index in [9.17, 15) is 0 Å². The van der Waals surface area contributed by atoms with Crippen LogP contribution in [0, 0.1) is 5.41 Å². The molecule has 1 nitrogen and oxygen atoms in total. The van der Waals surface area contributed by atoms with E-state index in [0.717, 1.165) is 25.1 Å². The first-order valence-electron chi connectivity index (χ1n) is 4.56. The summed E-state index contributed by atoms with van der Waals surface area (Å²) >= 11 is 10.9. The molecule has 72 valence electrons. The third-order valence-electron chi connectivity index (χ3n) is 1.78. The summed E-state index contributed by atoms with van der Waals surface area (Å²) in [5.74, 6) is 0.784. The molecule has 0 bridgehead atoms. The third kappa shape index (κ3) is 10.2. The first-order valence-corrected chi connectivity index (χ1v) is 5.47. The van der Waals surface area contributed by atoms with Crippen LogP contribution in [0.4, 0.5) is 0 Å². The van der Waals surface area contributed by atoms with Gasteiger partial charge in [0.05, 0.1) is 5.17 Å². The van der Waals surface area contributed by atoms with E-state index in [0.29, 0.717) is 0 Å². The summed E-state index contributed by atoms with van der Waals surface area (Å²) in [6.45, 7) is 0. The Hall–Kier alpha value is 0.250. The van der Waals surface area contributed by atoms with Gasteiger partial charge in [-0.15, -0.1) is 11.6 Å². The van der Waals surface area contributed by atoms with Crippen molar-refractivity contribution >= 4 is 28.4 Å². The highest BCUT2D eigenvalue weighted by atomic mass is 35.5. The zero-order valence-corrected chi connectivity index (χ0v) is 8.92. The Bertz CT molecular complexity index is 115.